The monoisotopic (exact) mass is 378 g/mol. The molecule has 0 saturated carbocycles. The Bertz CT molecular complexity index is 438. The standard InChI is InChI=1S/C16H24BrFN2.ClH/c1-3-4-12(2)16(20-9-7-19-8-10-20)13-5-6-14(17)15(18)11-13;/h5-6,11-12,16,19H,3-4,7-10H2,1-2H3;1H/t12?,16-;/m1./s1. The number of halogens is 3. The van der Waals surface area contributed by atoms with E-state index in [1.807, 2.05) is 6.07 Å². The van der Waals surface area contributed by atoms with E-state index in [1.54, 1.807) is 6.07 Å². The van der Waals surface area contributed by atoms with E-state index < -0.39 is 0 Å². The van der Waals surface area contributed by atoms with Crippen molar-refractivity contribution in [2.24, 2.45) is 5.92 Å². The van der Waals surface area contributed by atoms with Gasteiger partial charge in [-0.2, -0.15) is 0 Å². The van der Waals surface area contributed by atoms with Gasteiger partial charge >= 0.3 is 0 Å². The fourth-order valence-electron chi connectivity index (χ4n) is 3.17. The molecule has 0 aliphatic carbocycles. The summed E-state index contributed by atoms with van der Waals surface area (Å²) in [6.07, 6.45) is 2.34. The zero-order valence-corrected chi connectivity index (χ0v) is 15.1. The lowest BCUT2D eigenvalue weighted by Gasteiger charge is -2.38. The van der Waals surface area contributed by atoms with Crippen molar-refractivity contribution in [2.75, 3.05) is 26.2 Å². The van der Waals surface area contributed by atoms with Gasteiger partial charge in [-0.25, -0.2) is 4.39 Å². The van der Waals surface area contributed by atoms with Crippen molar-refractivity contribution in [3.8, 4) is 0 Å². The first-order valence-corrected chi connectivity index (χ1v) is 8.32. The molecule has 0 aromatic heterocycles. The number of rotatable bonds is 5. The van der Waals surface area contributed by atoms with Crippen LogP contribution in [0.4, 0.5) is 4.39 Å². The second kappa shape index (κ2) is 9.09. The van der Waals surface area contributed by atoms with Crippen LogP contribution < -0.4 is 5.32 Å². The quantitative estimate of drug-likeness (QED) is 0.816. The molecule has 2 rings (SSSR count). The minimum atomic E-state index is -0.161. The van der Waals surface area contributed by atoms with Crippen LogP contribution in [0.1, 0.15) is 38.3 Å². The highest BCUT2D eigenvalue weighted by Crippen LogP contribution is 2.33. The Morgan fingerprint density at radius 1 is 1.33 bits per heavy atom. The maximum absolute atomic E-state index is 13.9. The molecule has 0 radical (unpaired) electrons. The highest BCUT2D eigenvalue weighted by Gasteiger charge is 2.27. The molecule has 1 fully saturated rings. The molecule has 0 spiro atoms. The molecule has 1 unspecified atom stereocenters. The van der Waals surface area contributed by atoms with E-state index in [0.29, 0.717) is 16.4 Å². The molecule has 1 heterocycles. The van der Waals surface area contributed by atoms with E-state index in [0.717, 1.165) is 31.7 Å². The second-order valence-corrected chi connectivity index (χ2v) is 6.52. The SMILES string of the molecule is CCCC(C)[C@H](c1ccc(Br)c(F)c1)N1CCNCC1.Cl. The van der Waals surface area contributed by atoms with Crippen LogP contribution in [0.25, 0.3) is 0 Å². The Morgan fingerprint density at radius 3 is 2.57 bits per heavy atom. The topological polar surface area (TPSA) is 15.3 Å². The zero-order chi connectivity index (χ0) is 14.5. The fourth-order valence-corrected chi connectivity index (χ4v) is 3.42. The van der Waals surface area contributed by atoms with Gasteiger partial charge in [-0.3, -0.25) is 4.90 Å². The number of nitrogens with one attached hydrogen (secondary N) is 1. The first kappa shape index (κ1) is 18.9. The molecule has 1 aromatic rings. The third-order valence-corrected chi connectivity index (χ3v) is 4.76. The third kappa shape index (κ3) is 4.92. The van der Waals surface area contributed by atoms with Gasteiger partial charge in [0, 0.05) is 32.2 Å². The van der Waals surface area contributed by atoms with E-state index in [9.17, 15) is 4.39 Å². The number of hydrogen-bond acceptors (Lipinski definition) is 2. The molecule has 0 bridgehead atoms. The lowest BCUT2D eigenvalue weighted by atomic mass is 9.89. The van der Waals surface area contributed by atoms with Crippen molar-refractivity contribution in [3.63, 3.8) is 0 Å². The molecular weight excluding hydrogens is 355 g/mol. The van der Waals surface area contributed by atoms with Gasteiger partial charge in [0.1, 0.15) is 5.82 Å². The lowest BCUT2D eigenvalue weighted by molar-refractivity contribution is 0.126. The fraction of sp³-hybridized carbons (Fsp3) is 0.625. The summed E-state index contributed by atoms with van der Waals surface area (Å²) in [6, 6.07) is 5.91. The molecule has 21 heavy (non-hydrogen) atoms. The summed E-state index contributed by atoms with van der Waals surface area (Å²) in [4.78, 5) is 2.50. The predicted molar refractivity (Wildman–Crippen MR) is 92.6 cm³/mol. The Kier molecular flexibility index (Phi) is 8.17. The summed E-state index contributed by atoms with van der Waals surface area (Å²) in [5.41, 5.74) is 1.11. The predicted octanol–water partition coefficient (Wildman–Crippen LogP) is 4.39. The largest absolute Gasteiger partial charge is 0.314 e. The van der Waals surface area contributed by atoms with Crippen molar-refractivity contribution >= 4 is 28.3 Å². The molecule has 120 valence electrons. The normalized spacial score (nSPS) is 18.9. The van der Waals surface area contributed by atoms with E-state index in [2.05, 4.69) is 46.1 Å². The Balaban J connectivity index is 0.00000220. The first-order valence-electron chi connectivity index (χ1n) is 7.53. The summed E-state index contributed by atoms with van der Waals surface area (Å²) in [5, 5.41) is 3.39. The summed E-state index contributed by atoms with van der Waals surface area (Å²) in [5.74, 6) is 0.380. The summed E-state index contributed by atoms with van der Waals surface area (Å²) < 4.78 is 14.4. The van der Waals surface area contributed by atoms with Crippen LogP contribution >= 0.6 is 28.3 Å². The molecular formula is C16H25BrClFN2. The van der Waals surface area contributed by atoms with Gasteiger partial charge in [0.2, 0.25) is 0 Å². The van der Waals surface area contributed by atoms with Gasteiger partial charge in [-0.15, -0.1) is 12.4 Å². The van der Waals surface area contributed by atoms with Gasteiger partial charge in [-0.1, -0.05) is 26.3 Å². The first-order chi connectivity index (χ1) is 9.63. The average molecular weight is 380 g/mol. The lowest BCUT2D eigenvalue weighted by Crippen LogP contribution is -2.46. The van der Waals surface area contributed by atoms with Crippen LogP contribution in [0, 0.1) is 11.7 Å². The van der Waals surface area contributed by atoms with Crippen LogP contribution in [0.2, 0.25) is 0 Å². The van der Waals surface area contributed by atoms with E-state index >= 15 is 0 Å². The minimum Gasteiger partial charge on any atom is -0.314 e. The van der Waals surface area contributed by atoms with Crippen molar-refractivity contribution in [2.45, 2.75) is 32.7 Å². The van der Waals surface area contributed by atoms with Crippen molar-refractivity contribution < 1.29 is 4.39 Å². The maximum Gasteiger partial charge on any atom is 0.137 e. The van der Waals surface area contributed by atoms with Gasteiger partial charge < -0.3 is 5.32 Å². The van der Waals surface area contributed by atoms with Gasteiger partial charge in [0.15, 0.2) is 0 Å². The number of nitrogens with zero attached hydrogens (tertiary/aromatic N) is 1. The van der Waals surface area contributed by atoms with E-state index in [1.165, 1.54) is 12.8 Å². The Hall–Kier alpha value is -0.160. The zero-order valence-electron chi connectivity index (χ0n) is 12.7. The Morgan fingerprint density at radius 2 is 2.00 bits per heavy atom. The maximum atomic E-state index is 13.9. The van der Waals surface area contributed by atoms with Crippen LogP contribution in [-0.4, -0.2) is 31.1 Å². The van der Waals surface area contributed by atoms with E-state index in [4.69, 9.17) is 0 Å². The average Bonchev–Trinajstić information content (AvgIpc) is 2.44. The van der Waals surface area contributed by atoms with Gasteiger partial charge in [0.25, 0.3) is 0 Å². The number of hydrogen-bond donors (Lipinski definition) is 1. The van der Waals surface area contributed by atoms with Crippen LogP contribution in [0.15, 0.2) is 22.7 Å². The number of piperazine rings is 1. The van der Waals surface area contributed by atoms with Crippen LogP contribution in [0.5, 0.6) is 0 Å². The van der Waals surface area contributed by atoms with Gasteiger partial charge in [-0.05, 0) is 46.0 Å². The molecule has 1 aliphatic heterocycles. The molecule has 1 aliphatic rings. The highest BCUT2D eigenvalue weighted by atomic mass is 79.9. The van der Waals surface area contributed by atoms with E-state index in [-0.39, 0.29) is 18.2 Å². The molecule has 0 amide bonds. The third-order valence-electron chi connectivity index (χ3n) is 4.11. The second-order valence-electron chi connectivity index (χ2n) is 5.67. The van der Waals surface area contributed by atoms with Crippen LogP contribution in [0.3, 0.4) is 0 Å². The summed E-state index contributed by atoms with van der Waals surface area (Å²) in [7, 11) is 0. The van der Waals surface area contributed by atoms with Crippen LogP contribution in [-0.2, 0) is 0 Å². The molecule has 1 aromatic carbocycles. The summed E-state index contributed by atoms with van der Waals surface area (Å²) in [6.45, 7) is 8.62. The molecule has 5 heteroatoms. The Labute approximate surface area is 142 Å². The minimum absolute atomic E-state index is 0. The van der Waals surface area contributed by atoms with Crippen molar-refractivity contribution in [3.05, 3.63) is 34.1 Å². The van der Waals surface area contributed by atoms with Crippen molar-refractivity contribution in [1.82, 2.24) is 10.2 Å². The molecule has 2 atom stereocenters. The molecule has 1 N–H and O–H groups in total. The highest BCUT2D eigenvalue weighted by molar-refractivity contribution is 9.10. The van der Waals surface area contributed by atoms with Crippen molar-refractivity contribution in [1.29, 1.82) is 0 Å². The molecule has 2 nitrogen and oxygen atoms in total. The smallest absolute Gasteiger partial charge is 0.137 e. The number of benzene rings is 1. The molecule has 1 saturated heterocycles. The van der Waals surface area contributed by atoms with Gasteiger partial charge in [0.05, 0.1) is 4.47 Å². The summed E-state index contributed by atoms with van der Waals surface area (Å²) >= 11 is 3.24.